The molecular weight excluding hydrogens is 402 g/mol. The van der Waals surface area contributed by atoms with Gasteiger partial charge in [0.05, 0.1) is 40.2 Å². The molecule has 3 rings (SSSR count). The fourth-order valence-electron chi connectivity index (χ4n) is 3.45. The van der Waals surface area contributed by atoms with Gasteiger partial charge in [0.25, 0.3) is 5.91 Å². The van der Waals surface area contributed by atoms with Gasteiger partial charge in [-0.2, -0.15) is 5.10 Å². The number of methoxy groups -OCH3 is 1. The molecule has 1 aromatic heterocycles. The zero-order chi connectivity index (χ0) is 20.5. The van der Waals surface area contributed by atoms with Gasteiger partial charge in [0, 0.05) is 25.3 Å². The molecule has 0 radical (unpaired) electrons. The Labute approximate surface area is 170 Å². The monoisotopic (exact) mass is 425 g/mol. The molecule has 0 N–H and O–H groups in total. The molecule has 1 amide bonds. The van der Waals surface area contributed by atoms with Crippen LogP contribution in [0.5, 0.6) is 0 Å². The van der Waals surface area contributed by atoms with E-state index in [1.54, 1.807) is 28.8 Å². The number of sulfone groups is 1. The van der Waals surface area contributed by atoms with Crippen molar-refractivity contribution < 1.29 is 17.9 Å². The Bertz CT molecular complexity index is 970. The molecule has 152 valence electrons. The highest BCUT2D eigenvalue weighted by molar-refractivity contribution is 7.91. The fraction of sp³-hybridized carbons (Fsp3) is 0.474. The van der Waals surface area contributed by atoms with Crippen LogP contribution in [-0.4, -0.2) is 66.8 Å². The van der Waals surface area contributed by atoms with Crippen molar-refractivity contribution in [2.24, 2.45) is 0 Å². The Morgan fingerprint density at radius 3 is 2.50 bits per heavy atom. The van der Waals surface area contributed by atoms with Crippen LogP contribution in [0, 0.1) is 13.8 Å². The van der Waals surface area contributed by atoms with E-state index < -0.39 is 9.84 Å². The molecule has 0 aliphatic carbocycles. The van der Waals surface area contributed by atoms with Crippen LogP contribution >= 0.6 is 11.6 Å². The molecule has 1 fully saturated rings. The molecule has 28 heavy (non-hydrogen) atoms. The van der Waals surface area contributed by atoms with Crippen LogP contribution in [0.3, 0.4) is 0 Å². The van der Waals surface area contributed by atoms with Crippen molar-refractivity contribution in [1.29, 1.82) is 0 Å². The molecule has 2 aromatic rings. The average Bonchev–Trinajstić information content (AvgIpc) is 3.16. The van der Waals surface area contributed by atoms with Crippen molar-refractivity contribution in [2.75, 3.05) is 31.8 Å². The fourth-order valence-corrected chi connectivity index (χ4v) is 5.30. The van der Waals surface area contributed by atoms with Crippen LogP contribution in [0.15, 0.2) is 24.3 Å². The van der Waals surface area contributed by atoms with Gasteiger partial charge in [-0.3, -0.25) is 4.79 Å². The Balaban J connectivity index is 1.84. The lowest BCUT2D eigenvalue weighted by Gasteiger charge is -2.28. The van der Waals surface area contributed by atoms with E-state index in [9.17, 15) is 13.2 Å². The number of nitrogens with zero attached hydrogens (tertiary/aromatic N) is 3. The SMILES string of the molecule is COCCN(C(=O)c1ccc(-n2nc(C)c(Cl)c2C)cc1)C1CCS(=O)(=O)C1. The first-order valence-corrected chi connectivity index (χ1v) is 11.3. The smallest absolute Gasteiger partial charge is 0.254 e. The number of halogens is 1. The summed E-state index contributed by atoms with van der Waals surface area (Å²) in [7, 11) is -1.53. The highest BCUT2D eigenvalue weighted by atomic mass is 35.5. The minimum Gasteiger partial charge on any atom is -0.383 e. The third-order valence-electron chi connectivity index (χ3n) is 5.01. The number of benzene rings is 1. The molecule has 7 nitrogen and oxygen atoms in total. The molecule has 0 saturated carbocycles. The van der Waals surface area contributed by atoms with Crippen LogP contribution in [0.25, 0.3) is 5.69 Å². The minimum absolute atomic E-state index is 0.00476. The molecule has 9 heteroatoms. The summed E-state index contributed by atoms with van der Waals surface area (Å²) in [5.74, 6) is -0.0753. The van der Waals surface area contributed by atoms with Gasteiger partial charge in [0.1, 0.15) is 0 Å². The second-order valence-corrected chi connectivity index (χ2v) is 9.60. The Hall–Kier alpha value is -1.90. The van der Waals surface area contributed by atoms with Crippen molar-refractivity contribution >= 4 is 27.3 Å². The highest BCUT2D eigenvalue weighted by Gasteiger charge is 2.34. The third kappa shape index (κ3) is 4.24. The number of aryl methyl sites for hydroxylation is 1. The summed E-state index contributed by atoms with van der Waals surface area (Å²) in [4.78, 5) is 14.7. The van der Waals surface area contributed by atoms with Crippen molar-refractivity contribution in [3.05, 3.63) is 46.2 Å². The van der Waals surface area contributed by atoms with E-state index in [-0.39, 0.29) is 23.5 Å². The molecular formula is C19H24ClN3O4S. The number of hydrogen-bond acceptors (Lipinski definition) is 5. The van der Waals surface area contributed by atoms with E-state index in [4.69, 9.17) is 16.3 Å². The molecule has 1 aromatic carbocycles. The van der Waals surface area contributed by atoms with Crippen LogP contribution in [-0.2, 0) is 14.6 Å². The van der Waals surface area contributed by atoms with E-state index in [0.717, 1.165) is 17.1 Å². The molecule has 1 atom stereocenters. The van der Waals surface area contributed by atoms with E-state index in [1.807, 2.05) is 26.0 Å². The number of rotatable bonds is 6. The molecule has 1 unspecified atom stereocenters. The highest BCUT2D eigenvalue weighted by Crippen LogP contribution is 2.24. The number of amides is 1. The normalized spacial score (nSPS) is 18.4. The summed E-state index contributed by atoms with van der Waals surface area (Å²) in [5.41, 5.74) is 2.87. The molecule has 0 bridgehead atoms. The summed E-state index contributed by atoms with van der Waals surface area (Å²) in [6.07, 6.45) is 0.458. The van der Waals surface area contributed by atoms with Gasteiger partial charge in [0.2, 0.25) is 0 Å². The second kappa shape index (κ2) is 8.23. The van der Waals surface area contributed by atoms with Gasteiger partial charge in [-0.15, -0.1) is 0 Å². The Kier molecular flexibility index (Phi) is 6.12. The topological polar surface area (TPSA) is 81.5 Å². The predicted molar refractivity (Wildman–Crippen MR) is 108 cm³/mol. The molecule has 0 spiro atoms. The van der Waals surface area contributed by atoms with Crippen LogP contribution < -0.4 is 0 Å². The van der Waals surface area contributed by atoms with Gasteiger partial charge in [-0.1, -0.05) is 11.6 Å². The number of hydrogen-bond donors (Lipinski definition) is 0. The lowest BCUT2D eigenvalue weighted by molar-refractivity contribution is 0.0624. The van der Waals surface area contributed by atoms with Crippen LogP contribution in [0.4, 0.5) is 0 Å². The van der Waals surface area contributed by atoms with Crippen molar-refractivity contribution in [3.63, 3.8) is 0 Å². The second-order valence-electron chi connectivity index (χ2n) is 6.99. The number of carbonyl (C=O) groups is 1. The third-order valence-corrected chi connectivity index (χ3v) is 7.31. The first-order valence-electron chi connectivity index (χ1n) is 9.06. The van der Waals surface area contributed by atoms with E-state index in [2.05, 4.69) is 5.10 Å². The first kappa shape index (κ1) is 20.8. The van der Waals surface area contributed by atoms with Crippen LogP contribution in [0.2, 0.25) is 5.02 Å². The molecule has 1 saturated heterocycles. The molecule has 1 aliphatic rings. The van der Waals surface area contributed by atoms with Gasteiger partial charge in [0.15, 0.2) is 9.84 Å². The lowest BCUT2D eigenvalue weighted by Crippen LogP contribution is -2.43. The largest absolute Gasteiger partial charge is 0.383 e. The van der Waals surface area contributed by atoms with Crippen molar-refractivity contribution in [3.8, 4) is 5.69 Å². The van der Waals surface area contributed by atoms with E-state index in [0.29, 0.717) is 30.2 Å². The quantitative estimate of drug-likeness (QED) is 0.709. The van der Waals surface area contributed by atoms with Gasteiger partial charge in [-0.25, -0.2) is 13.1 Å². The molecule has 2 heterocycles. The zero-order valence-corrected chi connectivity index (χ0v) is 17.8. The summed E-state index contributed by atoms with van der Waals surface area (Å²) in [6.45, 7) is 4.43. The van der Waals surface area contributed by atoms with Crippen molar-refractivity contribution in [1.82, 2.24) is 14.7 Å². The minimum atomic E-state index is -3.09. The Morgan fingerprint density at radius 2 is 2.00 bits per heavy atom. The number of ether oxygens (including phenoxy) is 1. The summed E-state index contributed by atoms with van der Waals surface area (Å²) in [6, 6.07) is 6.75. The summed E-state index contributed by atoms with van der Waals surface area (Å²) in [5, 5.41) is 5.03. The zero-order valence-electron chi connectivity index (χ0n) is 16.2. The van der Waals surface area contributed by atoms with Gasteiger partial charge >= 0.3 is 0 Å². The first-order chi connectivity index (χ1) is 13.2. The average molecular weight is 426 g/mol. The van der Waals surface area contributed by atoms with E-state index in [1.165, 1.54) is 0 Å². The summed E-state index contributed by atoms with van der Waals surface area (Å²) >= 11 is 6.21. The molecule has 1 aliphatic heterocycles. The Morgan fingerprint density at radius 1 is 1.32 bits per heavy atom. The number of aromatic nitrogens is 2. The van der Waals surface area contributed by atoms with Gasteiger partial charge in [-0.05, 0) is 44.5 Å². The lowest BCUT2D eigenvalue weighted by atomic mass is 10.1. The standard InChI is InChI=1S/C19H24ClN3O4S/c1-13-18(20)14(2)23(21-13)16-6-4-15(5-7-16)19(24)22(9-10-27-3)17-8-11-28(25,26)12-17/h4-7,17H,8-12H2,1-3H3. The maximum absolute atomic E-state index is 13.1. The predicted octanol–water partition coefficient (Wildman–Crippen LogP) is 2.42. The maximum Gasteiger partial charge on any atom is 0.254 e. The van der Waals surface area contributed by atoms with E-state index >= 15 is 0 Å². The maximum atomic E-state index is 13.1. The number of carbonyl (C=O) groups excluding carboxylic acids is 1. The van der Waals surface area contributed by atoms with Crippen LogP contribution in [0.1, 0.15) is 28.2 Å². The summed E-state index contributed by atoms with van der Waals surface area (Å²) < 4.78 is 30.5. The van der Waals surface area contributed by atoms with Gasteiger partial charge < -0.3 is 9.64 Å². The van der Waals surface area contributed by atoms with Crippen molar-refractivity contribution in [2.45, 2.75) is 26.3 Å².